The molecule has 1 heterocycles. The van der Waals surface area contributed by atoms with Gasteiger partial charge >= 0.3 is 0 Å². The predicted molar refractivity (Wildman–Crippen MR) is 85.2 cm³/mol. The summed E-state index contributed by atoms with van der Waals surface area (Å²) < 4.78 is 6.96. The number of halogens is 1. The number of hydrogen-bond acceptors (Lipinski definition) is 3. The van der Waals surface area contributed by atoms with Gasteiger partial charge in [-0.15, -0.1) is 0 Å². The minimum Gasteiger partial charge on any atom is -0.438 e. The van der Waals surface area contributed by atoms with Crippen molar-refractivity contribution in [2.75, 3.05) is 0 Å². The number of pyridine rings is 1. The fourth-order valence-corrected chi connectivity index (χ4v) is 2.23. The number of aromatic nitrogens is 1. The minimum atomic E-state index is 0.130. The van der Waals surface area contributed by atoms with Crippen molar-refractivity contribution in [2.45, 2.75) is 32.7 Å². The Balaban J connectivity index is 2.27. The van der Waals surface area contributed by atoms with E-state index in [9.17, 15) is 0 Å². The molecular weight excluding hydrogens is 316 g/mol. The van der Waals surface area contributed by atoms with Gasteiger partial charge in [0.05, 0.1) is 0 Å². The van der Waals surface area contributed by atoms with Crippen LogP contribution < -0.4 is 10.5 Å². The Bertz CT molecular complexity index is 586. The molecule has 0 aliphatic heterocycles. The van der Waals surface area contributed by atoms with Gasteiger partial charge in [-0.2, -0.15) is 0 Å². The van der Waals surface area contributed by atoms with Crippen molar-refractivity contribution in [3.63, 3.8) is 0 Å². The lowest BCUT2D eigenvalue weighted by atomic mass is 10.1. The van der Waals surface area contributed by atoms with Crippen LogP contribution in [0.15, 0.2) is 41.0 Å². The Morgan fingerprint density at radius 2 is 2.15 bits per heavy atom. The predicted octanol–water partition coefficient (Wildman–Crippen LogP) is 4.22. The highest BCUT2D eigenvalue weighted by Gasteiger charge is 2.11. The summed E-state index contributed by atoms with van der Waals surface area (Å²) >= 11 is 3.46. The van der Waals surface area contributed by atoms with Gasteiger partial charge in [0.15, 0.2) is 0 Å². The van der Waals surface area contributed by atoms with E-state index in [0.717, 1.165) is 34.2 Å². The first-order chi connectivity index (χ1) is 9.60. The van der Waals surface area contributed by atoms with E-state index in [-0.39, 0.29) is 6.04 Å². The molecule has 0 amide bonds. The zero-order valence-electron chi connectivity index (χ0n) is 11.8. The quantitative estimate of drug-likeness (QED) is 0.890. The lowest BCUT2D eigenvalue weighted by Gasteiger charge is -2.14. The Morgan fingerprint density at radius 3 is 2.90 bits per heavy atom. The van der Waals surface area contributed by atoms with Gasteiger partial charge in [-0.3, -0.25) is 0 Å². The molecule has 2 aromatic rings. The van der Waals surface area contributed by atoms with Gasteiger partial charge in [0.2, 0.25) is 5.88 Å². The van der Waals surface area contributed by atoms with Crippen LogP contribution >= 0.6 is 15.9 Å². The molecule has 0 saturated carbocycles. The maximum atomic E-state index is 6.03. The van der Waals surface area contributed by atoms with Crippen LogP contribution in [0.5, 0.6) is 11.6 Å². The second kappa shape index (κ2) is 6.86. The average molecular weight is 335 g/mol. The number of nitrogens with zero attached hydrogens (tertiary/aromatic N) is 1. The molecule has 1 aromatic carbocycles. The molecule has 0 aliphatic rings. The molecule has 1 unspecified atom stereocenters. The SMILES string of the molecule is CCC(N)Cc1cccnc1Oc1cc(Br)ccc1C. The van der Waals surface area contributed by atoms with Gasteiger partial charge in [0, 0.05) is 22.3 Å². The Hall–Kier alpha value is -1.39. The third-order valence-electron chi connectivity index (χ3n) is 3.21. The molecule has 0 bridgehead atoms. The second-order valence-electron chi connectivity index (χ2n) is 4.85. The molecule has 0 spiro atoms. The van der Waals surface area contributed by atoms with Crippen LogP contribution in [0, 0.1) is 6.92 Å². The van der Waals surface area contributed by atoms with Crippen molar-refractivity contribution in [2.24, 2.45) is 5.73 Å². The minimum absolute atomic E-state index is 0.130. The van der Waals surface area contributed by atoms with Crippen molar-refractivity contribution in [3.8, 4) is 11.6 Å². The summed E-state index contributed by atoms with van der Waals surface area (Å²) in [6.45, 7) is 4.10. The highest BCUT2D eigenvalue weighted by Crippen LogP contribution is 2.29. The smallest absolute Gasteiger partial charge is 0.222 e. The van der Waals surface area contributed by atoms with Crippen LogP contribution in [0.2, 0.25) is 0 Å². The van der Waals surface area contributed by atoms with Crippen molar-refractivity contribution >= 4 is 15.9 Å². The lowest BCUT2D eigenvalue weighted by molar-refractivity contribution is 0.449. The maximum absolute atomic E-state index is 6.03. The summed E-state index contributed by atoms with van der Waals surface area (Å²) in [5.74, 6) is 1.45. The van der Waals surface area contributed by atoms with Gasteiger partial charge < -0.3 is 10.5 Å². The molecule has 4 heteroatoms. The first-order valence-electron chi connectivity index (χ1n) is 6.73. The van der Waals surface area contributed by atoms with E-state index in [1.165, 1.54) is 0 Å². The normalized spacial score (nSPS) is 12.2. The standard InChI is InChI=1S/C16H19BrN2O/c1-3-14(18)9-12-5-4-8-19-16(12)20-15-10-13(17)7-6-11(15)2/h4-8,10,14H,3,9,18H2,1-2H3. The fourth-order valence-electron chi connectivity index (χ4n) is 1.89. The Kier molecular flexibility index (Phi) is 5.15. The van der Waals surface area contributed by atoms with Crippen molar-refractivity contribution in [3.05, 3.63) is 52.1 Å². The molecule has 0 aliphatic carbocycles. The number of rotatable bonds is 5. The summed E-state index contributed by atoms with van der Waals surface area (Å²) in [4.78, 5) is 4.34. The summed E-state index contributed by atoms with van der Waals surface area (Å²) in [6, 6.07) is 10.0. The van der Waals surface area contributed by atoms with Crippen molar-refractivity contribution < 1.29 is 4.74 Å². The summed E-state index contributed by atoms with van der Waals surface area (Å²) in [6.07, 6.45) is 3.45. The van der Waals surface area contributed by atoms with Gasteiger partial charge in [-0.05, 0) is 43.5 Å². The topological polar surface area (TPSA) is 48.1 Å². The summed E-state index contributed by atoms with van der Waals surface area (Å²) in [7, 11) is 0. The number of hydrogen-bond donors (Lipinski definition) is 1. The largest absolute Gasteiger partial charge is 0.438 e. The molecule has 0 saturated heterocycles. The van der Waals surface area contributed by atoms with Crippen LogP contribution in [-0.4, -0.2) is 11.0 Å². The van der Waals surface area contributed by atoms with E-state index in [1.54, 1.807) is 6.20 Å². The fraction of sp³-hybridized carbons (Fsp3) is 0.312. The zero-order valence-corrected chi connectivity index (χ0v) is 13.4. The molecule has 106 valence electrons. The molecule has 2 N–H and O–H groups in total. The van der Waals surface area contributed by atoms with Crippen LogP contribution in [0.1, 0.15) is 24.5 Å². The third-order valence-corrected chi connectivity index (χ3v) is 3.71. The molecule has 1 atom stereocenters. The molecule has 20 heavy (non-hydrogen) atoms. The summed E-state index contributed by atoms with van der Waals surface area (Å²) in [5, 5.41) is 0. The molecular formula is C16H19BrN2O. The lowest BCUT2D eigenvalue weighted by Crippen LogP contribution is -2.21. The number of aryl methyl sites for hydroxylation is 1. The van der Waals surface area contributed by atoms with Gasteiger partial charge in [-0.1, -0.05) is 35.0 Å². The molecule has 2 rings (SSSR count). The van der Waals surface area contributed by atoms with E-state index in [0.29, 0.717) is 5.88 Å². The van der Waals surface area contributed by atoms with Crippen LogP contribution in [0.25, 0.3) is 0 Å². The van der Waals surface area contributed by atoms with Crippen molar-refractivity contribution in [1.29, 1.82) is 0 Å². The van der Waals surface area contributed by atoms with Gasteiger partial charge in [0.25, 0.3) is 0 Å². The van der Waals surface area contributed by atoms with E-state index < -0.39 is 0 Å². The van der Waals surface area contributed by atoms with E-state index in [4.69, 9.17) is 10.5 Å². The third kappa shape index (κ3) is 3.81. The van der Waals surface area contributed by atoms with E-state index >= 15 is 0 Å². The molecule has 1 aromatic heterocycles. The number of nitrogens with two attached hydrogens (primary N) is 1. The number of benzene rings is 1. The second-order valence-corrected chi connectivity index (χ2v) is 5.77. The highest BCUT2D eigenvalue weighted by molar-refractivity contribution is 9.10. The highest BCUT2D eigenvalue weighted by atomic mass is 79.9. The van der Waals surface area contributed by atoms with Crippen LogP contribution in [-0.2, 0) is 6.42 Å². The molecule has 0 fully saturated rings. The zero-order chi connectivity index (χ0) is 14.5. The Morgan fingerprint density at radius 1 is 1.35 bits per heavy atom. The van der Waals surface area contributed by atoms with Crippen LogP contribution in [0.3, 0.4) is 0 Å². The monoisotopic (exact) mass is 334 g/mol. The van der Waals surface area contributed by atoms with Crippen LogP contribution in [0.4, 0.5) is 0 Å². The number of ether oxygens (including phenoxy) is 1. The maximum Gasteiger partial charge on any atom is 0.222 e. The first-order valence-corrected chi connectivity index (χ1v) is 7.53. The first kappa shape index (κ1) is 15.0. The van der Waals surface area contributed by atoms with E-state index in [1.807, 2.05) is 37.3 Å². The van der Waals surface area contributed by atoms with Crippen molar-refractivity contribution in [1.82, 2.24) is 4.98 Å². The summed E-state index contributed by atoms with van der Waals surface area (Å²) in [5.41, 5.74) is 8.15. The van der Waals surface area contributed by atoms with E-state index in [2.05, 4.69) is 27.8 Å². The van der Waals surface area contributed by atoms with Gasteiger partial charge in [0.1, 0.15) is 5.75 Å². The Labute approximate surface area is 128 Å². The molecule has 0 radical (unpaired) electrons. The van der Waals surface area contributed by atoms with Gasteiger partial charge in [-0.25, -0.2) is 4.98 Å². The molecule has 3 nitrogen and oxygen atoms in total. The average Bonchev–Trinajstić information content (AvgIpc) is 2.44.